The van der Waals surface area contributed by atoms with E-state index in [9.17, 15) is 0 Å². The normalized spacial score (nSPS) is 21.3. The van der Waals surface area contributed by atoms with Crippen LogP contribution < -0.4 is 15.4 Å². The van der Waals surface area contributed by atoms with E-state index in [1.54, 1.807) is 12.4 Å². The van der Waals surface area contributed by atoms with Gasteiger partial charge in [0.15, 0.2) is 5.96 Å². The highest BCUT2D eigenvalue weighted by Gasteiger charge is 2.22. The molecule has 2 N–H and O–H groups in total. The van der Waals surface area contributed by atoms with Crippen LogP contribution in [-0.2, 0) is 0 Å². The molecule has 0 aromatic carbocycles. The van der Waals surface area contributed by atoms with Crippen molar-refractivity contribution in [2.75, 3.05) is 25.4 Å². The Morgan fingerprint density at radius 1 is 1.42 bits per heavy atom. The van der Waals surface area contributed by atoms with E-state index < -0.39 is 0 Å². The van der Waals surface area contributed by atoms with Crippen molar-refractivity contribution in [1.29, 1.82) is 0 Å². The van der Waals surface area contributed by atoms with Crippen LogP contribution in [0.5, 0.6) is 5.75 Å². The molecule has 2 atom stereocenters. The Hall–Kier alpha value is -1.43. The van der Waals surface area contributed by atoms with Crippen molar-refractivity contribution in [3.63, 3.8) is 0 Å². The first kappa shape index (κ1) is 18.9. The van der Waals surface area contributed by atoms with Crippen LogP contribution >= 0.6 is 11.8 Å². The van der Waals surface area contributed by atoms with Crippen LogP contribution in [0.4, 0.5) is 0 Å². The summed E-state index contributed by atoms with van der Waals surface area (Å²) in [6, 6.07) is 4.31. The van der Waals surface area contributed by atoms with Gasteiger partial charge in [0, 0.05) is 24.0 Å². The lowest BCUT2D eigenvalue weighted by Gasteiger charge is -2.30. The fourth-order valence-electron chi connectivity index (χ4n) is 2.93. The molecule has 5 nitrogen and oxygen atoms in total. The van der Waals surface area contributed by atoms with Gasteiger partial charge in [-0.25, -0.2) is 4.99 Å². The number of aromatic nitrogens is 1. The Labute approximate surface area is 150 Å². The molecule has 1 aliphatic rings. The van der Waals surface area contributed by atoms with Crippen molar-refractivity contribution in [2.24, 2.45) is 4.99 Å². The van der Waals surface area contributed by atoms with Crippen LogP contribution in [0.2, 0.25) is 0 Å². The zero-order valence-corrected chi connectivity index (χ0v) is 15.6. The van der Waals surface area contributed by atoms with Crippen LogP contribution in [0.15, 0.2) is 29.5 Å². The zero-order valence-electron chi connectivity index (χ0n) is 14.8. The summed E-state index contributed by atoms with van der Waals surface area (Å²) in [5.74, 6) is 2.90. The van der Waals surface area contributed by atoms with Gasteiger partial charge >= 0.3 is 0 Å². The number of aliphatic imine (C=N–C) groups is 1. The van der Waals surface area contributed by atoms with Crippen LogP contribution in [0.25, 0.3) is 0 Å². The maximum atomic E-state index is 5.65. The molecule has 0 spiro atoms. The molecule has 1 saturated carbocycles. The van der Waals surface area contributed by atoms with Crippen molar-refractivity contribution in [3.8, 4) is 5.75 Å². The second-order valence-electron chi connectivity index (χ2n) is 5.88. The van der Waals surface area contributed by atoms with Crippen molar-refractivity contribution in [1.82, 2.24) is 15.6 Å². The predicted molar refractivity (Wildman–Crippen MR) is 103 cm³/mol. The molecule has 2 unspecified atom stereocenters. The Morgan fingerprint density at radius 3 is 3.08 bits per heavy atom. The van der Waals surface area contributed by atoms with Crippen LogP contribution in [0.1, 0.15) is 39.5 Å². The largest absolute Gasteiger partial charge is 0.490 e. The Morgan fingerprint density at radius 2 is 2.33 bits per heavy atom. The molecule has 6 heteroatoms. The second kappa shape index (κ2) is 11.2. The highest BCUT2D eigenvalue weighted by Crippen LogP contribution is 2.28. The molecule has 1 aromatic heterocycles. The van der Waals surface area contributed by atoms with Gasteiger partial charge in [0.05, 0.1) is 12.7 Å². The fraction of sp³-hybridized carbons (Fsp3) is 0.667. The number of nitrogens with zero attached hydrogens (tertiary/aromatic N) is 2. The molecule has 1 fully saturated rings. The first-order chi connectivity index (χ1) is 11.8. The number of hydrogen-bond donors (Lipinski definition) is 2. The Balaban J connectivity index is 1.77. The van der Waals surface area contributed by atoms with E-state index >= 15 is 0 Å². The van der Waals surface area contributed by atoms with Crippen molar-refractivity contribution >= 4 is 17.7 Å². The molecule has 1 aromatic rings. The Kier molecular flexibility index (Phi) is 8.81. The third kappa shape index (κ3) is 6.99. The standard InChI is InChI=1S/C18H30N4OS/c1-3-20-18(21-11-12-23-16-8-6-10-19-14-16)22-15-7-5-9-17(13-15)24-4-2/h6,8,10,14-15,17H,3-5,7,9,11-13H2,1-2H3,(H2,20,21,22). The molecule has 2 rings (SSSR count). The highest BCUT2D eigenvalue weighted by atomic mass is 32.2. The van der Waals surface area contributed by atoms with E-state index in [1.165, 1.54) is 31.4 Å². The maximum absolute atomic E-state index is 5.65. The van der Waals surface area contributed by atoms with Crippen LogP contribution in [0, 0.1) is 0 Å². The van der Waals surface area contributed by atoms with E-state index in [-0.39, 0.29) is 0 Å². The second-order valence-corrected chi connectivity index (χ2v) is 7.46. The lowest BCUT2D eigenvalue weighted by molar-refractivity contribution is 0.327. The molecule has 0 saturated heterocycles. The summed E-state index contributed by atoms with van der Waals surface area (Å²) in [4.78, 5) is 8.68. The number of hydrogen-bond acceptors (Lipinski definition) is 4. The smallest absolute Gasteiger partial charge is 0.191 e. The number of thioether (sulfide) groups is 1. The van der Waals surface area contributed by atoms with E-state index in [2.05, 4.69) is 46.2 Å². The van der Waals surface area contributed by atoms with Crippen molar-refractivity contribution in [3.05, 3.63) is 24.5 Å². The SMILES string of the molecule is CCNC(=NCCOc1cccnc1)NC1CCCC(SCC)C1. The molecule has 0 bridgehead atoms. The molecule has 0 aliphatic heterocycles. The number of nitrogens with one attached hydrogen (secondary N) is 2. The molecular weight excluding hydrogens is 320 g/mol. The zero-order chi connectivity index (χ0) is 17.0. The summed E-state index contributed by atoms with van der Waals surface area (Å²) in [5.41, 5.74) is 0. The molecule has 1 aliphatic carbocycles. The first-order valence-corrected chi connectivity index (χ1v) is 10.1. The summed E-state index contributed by atoms with van der Waals surface area (Å²) in [5, 5.41) is 7.73. The quantitative estimate of drug-likeness (QED) is 0.429. The average Bonchev–Trinajstić information content (AvgIpc) is 2.60. The van der Waals surface area contributed by atoms with Gasteiger partial charge in [-0.1, -0.05) is 13.3 Å². The third-order valence-electron chi connectivity index (χ3n) is 3.98. The third-order valence-corrected chi connectivity index (χ3v) is 5.21. The van der Waals surface area contributed by atoms with Gasteiger partial charge in [-0.05, 0) is 44.1 Å². The van der Waals surface area contributed by atoms with E-state index in [0.717, 1.165) is 23.5 Å². The van der Waals surface area contributed by atoms with Gasteiger partial charge in [0.2, 0.25) is 0 Å². The van der Waals surface area contributed by atoms with E-state index in [1.807, 2.05) is 12.1 Å². The molecule has 0 radical (unpaired) electrons. The average molecular weight is 351 g/mol. The molecular formula is C18H30N4OS. The molecule has 0 amide bonds. The lowest BCUT2D eigenvalue weighted by atomic mass is 9.95. The minimum Gasteiger partial charge on any atom is -0.490 e. The van der Waals surface area contributed by atoms with E-state index in [4.69, 9.17) is 4.74 Å². The number of pyridine rings is 1. The van der Waals surface area contributed by atoms with Gasteiger partial charge in [-0.3, -0.25) is 4.98 Å². The van der Waals surface area contributed by atoms with Crippen LogP contribution in [-0.4, -0.2) is 47.7 Å². The van der Waals surface area contributed by atoms with Crippen molar-refractivity contribution in [2.45, 2.75) is 50.8 Å². The Bertz CT molecular complexity index is 481. The topological polar surface area (TPSA) is 58.5 Å². The summed E-state index contributed by atoms with van der Waals surface area (Å²) in [7, 11) is 0. The van der Waals surface area contributed by atoms with Gasteiger partial charge in [-0.2, -0.15) is 11.8 Å². The molecule has 24 heavy (non-hydrogen) atoms. The van der Waals surface area contributed by atoms with E-state index in [0.29, 0.717) is 19.2 Å². The minimum absolute atomic E-state index is 0.528. The summed E-state index contributed by atoms with van der Waals surface area (Å²) in [6.07, 6.45) is 8.59. The number of guanidine groups is 1. The molecule has 1 heterocycles. The highest BCUT2D eigenvalue weighted by molar-refractivity contribution is 7.99. The molecule has 134 valence electrons. The van der Waals surface area contributed by atoms with Crippen LogP contribution in [0.3, 0.4) is 0 Å². The number of rotatable bonds is 8. The lowest BCUT2D eigenvalue weighted by Crippen LogP contribution is -2.45. The minimum atomic E-state index is 0.528. The van der Waals surface area contributed by atoms with Gasteiger partial charge < -0.3 is 15.4 Å². The first-order valence-electron chi connectivity index (χ1n) is 9.01. The van der Waals surface area contributed by atoms with Gasteiger partial charge in [-0.15, -0.1) is 0 Å². The number of ether oxygens (including phenoxy) is 1. The fourth-order valence-corrected chi connectivity index (χ4v) is 4.10. The van der Waals surface area contributed by atoms with Crippen molar-refractivity contribution < 1.29 is 4.74 Å². The predicted octanol–water partition coefficient (Wildman–Crippen LogP) is 3.08. The monoisotopic (exact) mass is 350 g/mol. The van der Waals surface area contributed by atoms with Gasteiger partial charge in [0.1, 0.15) is 12.4 Å². The maximum Gasteiger partial charge on any atom is 0.191 e. The van der Waals surface area contributed by atoms with Gasteiger partial charge in [0.25, 0.3) is 0 Å². The summed E-state index contributed by atoms with van der Waals surface area (Å²) in [6.45, 7) is 6.40. The summed E-state index contributed by atoms with van der Waals surface area (Å²) >= 11 is 2.09. The summed E-state index contributed by atoms with van der Waals surface area (Å²) < 4.78 is 5.65.